The standard InChI is InChI=1S/C18H18ClN3O2S/c1-2-24-16-9-6-13(7-10-16)8-11-17(23)21-22-18(25)20-15-5-3-4-14(19)12-15/h3-12H,2H2,1H3,(H,21,23)(H2,20,22,25)/b11-8+. The van der Waals surface area contributed by atoms with Gasteiger partial charge in [-0.25, -0.2) is 0 Å². The summed E-state index contributed by atoms with van der Waals surface area (Å²) in [6, 6.07) is 14.5. The summed E-state index contributed by atoms with van der Waals surface area (Å²) < 4.78 is 5.36. The minimum atomic E-state index is -0.330. The second kappa shape index (κ2) is 9.66. The van der Waals surface area contributed by atoms with E-state index < -0.39 is 0 Å². The topological polar surface area (TPSA) is 62.4 Å². The Hall–Kier alpha value is -2.57. The summed E-state index contributed by atoms with van der Waals surface area (Å²) >= 11 is 11.0. The lowest BCUT2D eigenvalue weighted by atomic mass is 10.2. The number of nitrogens with one attached hydrogen (secondary N) is 3. The molecule has 7 heteroatoms. The monoisotopic (exact) mass is 375 g/mol. The molecule has 25 heavy (non-hydrogen) atoms. The van der Waals surface area contributed by atoms with Gasteiger partial charge in [-0.3, -0.25) is 15.6 Å². The number of hydrazine groups is 1. The zero-order valence-electron chi connectivity index (χ0n) is 13.6. The molecule has 130 valence electrons. The van der Waals surface area contributed by atoms with E-state index in [1.807, 2.05) is 37.3 Å². The number of carbonyl (C=O) groups excluding carboxylic acids is 1. The van der Waals surface area contributed by atoms with Gasteiger partial charge < -0.3 is 10.1 Å². The Labute approximate surface area is 157 Å². The Kier molecular flexibility index (Phi) is 7.25. The van der Waals surface area contributed by atoms with Crippen LogP contribution in [0.15, 0.2) is 54.6 Å². The van der Waals surface area contributed by atoms with E-state index in [-0.39, 0.29) is 11.0 Å². The van der Waals surface area contributed by atoms with Gasteiger partial charge in [0, 0.05) is 16.8 Å². The van der Waals surface area contributed by atoms with Gasteiger partial charge in [0.05, 0.1) is 6.61 Å². The Morgan fingerprint density at radius 2 is 1.96 bits per heavy atom. The summed E-state index contributed by atoms with van der Waals surface area (Å²) in [5.41, 5.74) is 6.71. The quantitative estimate of drug-likeness (QED) is 0.422. The lowest BCUT2D eigenvalue weighted by molar-refractivity contribution is -0.116. The molecule has 0 aliphatic heterocycles. The van der Waals surface area contributed by atoms with E-state index in [9.17, 15) is 4.79 Å². The number of hydrogen-bond acceptors (Lipinski definition) is 3. The molecule has 0 aliphatic rings. The Bertz CT molecular complexity index is 763. The fourth-order valence-electron chi connectivity index (χ4n) is 1.90. The lowest BCUT2D eigenvalue weighted by Crippen LogP contribution is -2.43. The second-order valence-corrected chi connectivity index (χ2v) is 5.76. The fraction of sp³-hybridized carbons (Fsp3) is 0.111. The Morgan fingerprint density at radius 1 is 1.20 bits per heavy atom. The maximum atomic E-state index is 11.8. The van der Waals surface area contributed by atoms with Crippen LogP contribution in [0.3, 0.4) is 0 Å². The van der Waals surface area contributed by atoms with Crippen molar-refractivity contribution in [1.29, 1.82) is 0 Å². The summed E-state index contributed by atoms with van der Waals surface area (Å²) in [5.74, 6) is 0.465. The van der Waals surface area contributed by atoms with Gasteiger partial charge in [0.25, 0.3) is 5.91 Å². The van der Waals surface area contributed by atoms with Crippen molar-refractivity contribution in [1.82, 2.24) is 10.9 Å². The van der Waals surface area contributed by atoms with Crippen LogP contribution < -0.4 is 20.9 Å². The highest BCUT2D eigenvalue weighted by molar-refractivity contribution is 7.80. The number of amides is 1. The SMILES string of the molecule is CCOc1ccc(/C=C/C(=O)NNC(=S)Nc2cccc(Cl)c2)cc1. The molecule has 0 unspecified atom stereocenters. The number of carbonyl (C=O) groups is 1. The third kappa shape index (κ3) is 6.82. The van der Waals surface area contributed by atoms with Gasteiger partial charge in [-0.05, 0) is 61.1 Å². The van der Waals surface area contributed by atoms with E-state index >= 15 is 0 Å². The molecule has 3 N–H and O–H groups in total. The number of hydrogen-bond donors (Lipinski definition) is 3. The second-order valence-electron chi connectivity index (χ2n) is 4.91. The van der Waals surface area contributed by atoms with Crippen molar-refractivity contribution in [3.05, 3.63) is 65.2 Å². The molecule has 0 aromatic heterocycles. The van der Waals surface area contributed by atoms with Crippen LogP contribution in [-0.4, -0.2) is 17.6 Å². The third-order valence-electron chi connectivity index (χ3n) is 3.00. The van der Waals surface area contributed by atoms with Gasteiger partial charge in [0.15, 0.2) is 5.11 Å². The molecule has 0 saturated carbocycles. The third-order valence-corrected chi connectivity index (χ3v) is 3.44. The number of rotatable bonds is 5. The summed E-state index contributed by atoms with van der Waals surface area (Å²) in [6.45, 7) is 2.54. The van der Waals surface area contributed by atoms with Crippen LogP contribution in [0.1, 0.15) is 12.5 Å². The molecule has 0 bridgehead atoms. The lowest BCUT2D eigenvalue weighted by Gasteiger charge is -2.10. The molecule has 1 amide bonds. The normalized spacial score (nSPS) is 10.3. The van der Waals surface area contributed by atoms with E-state index in [0.29, 0.717) is 11.6 Å². The highest BCUT2D eigenvalue weighted by Crippen LogP contribution is 2.14. The molecule has 2 aromatic carbocycles. The van der Waals surface area contributed by atoms with Crippen LogP contribution in [0.25, 0.3) is 6.08 Å². The molecular formula is C18H18ClN3O2S. The first-order valence-electron chi connectivity index (χ1n) is 7.60. The van der Waals surface area contributed by atoms with Gasteiger partial charge in [0.2, 0.25) is 0 Å². The maximum Gasteiger partial charge on any atom is 0.262 e. The van der Waals surface area contributed by atoms with Crippen LogP contribution in [0, 0.1) is 0 Å². The van der Waals surface area contributed by atoms with Gasteiger partial charge in [-0.2, -0.15) is 0 Å². The number of ether oxygens (including phenoxy) is 1. The summed E-state index contributed by atoms with van der Waals surface area (Å²) in [6.07, 6.45) is 3.10. The van der Waals surface area contributed by atoms with Gasteiger partial charge in [-0.1, -0.05) is 29.8 Å². The van der Waals surface area contributed by atoms with Crippen LogP contribution >= 0.6 is 23.8 Å². The molecule has 0 atom stereocenters. The van der Waals surface area contributed by atoms with Crippen molar-refractivity contribution in [3.63, 3.8) is 0 Å². The van der Waals surface area contributed by atoms with Gasteiger partial charge in [0.1, 0.15) is 5.75 Å². The number of benzene rings is 2. The molecule has 0 fully saturated rings. The predicted octanol–water partition coefficient (Wildman–Crippen LogP) is 3.77. The van der Waals surface area contributed by atoms with Gasteiger partial charge >= 0.3 is 0 Å². The average Bonchev–Trinajstić information content (AvgIpc) is 2.60. The zero-order valence-corrected chi connectivity index (χ0v) is 15.2. The summed E-state index contributed by atoms with van der Waals surface area (Å²) in [5, 5.41) is 3.76. The average molecular weight is 376 g/mol. The van der Waals surface area contributed by atoms with Crippen molar-refractivity contribution in [2.24, 2.45) is 0 Å². The minimum Gasteiger partial charge on any atom is -0.494 e. The van der Waals surface area contributed by atoms with E-state index in [1.54, 1.807) is 24.3 Å². The van der Waals surface area contributed by atoms with E-state index in [1.165, 1.54) is 6.08 Å². The fourth-order valence-corrected chi connectivity index (χ4v) is 2.26. The van der Waals surface area contributed by atoms with Crippen molar-refractivity contribution in [2.45, 2.75) is 6.92 Å². The molecule has 0 saturated heterocycles. The molecule has 5 nitrogen and oxygen atoms in total. The molecule has 0 radical (unpaired) electrons. The summed E-state index contributed by atoms with van der Waals surface area (Å²) in [7, 11) is 0. The van der Waals surface area contributed by atoms with E-state index in [0.717, 1.165) is 17.0 Å². The predicted molar refractivity (Wildman–Crippen MR) is 106 cm³/mol. The van der Waals surface area contributed by atoms with Crippen LogP contribution in [0.2, 0.25) is 5.02 Å². The highest BCUT2D eigenvalue weighted by Gasteiger charge is 2.00. The number of thiocarbonyl (C=S) groups is 1. The smallest absolute Gasteiger partial charge is 0.262 e. The first-order valence-corrected chi connectivity index (χ1v) is 8.39. The molecule has 0 heterocycles. The number of anilines is 1. The van der Waals surface area contributed by atoms with E-state index in [4.69, 9.17) is 28.6 Å². The molecule has 2 aromatic rings. The summed E-state index contributed by atoms with van der Waals surface area (Å²) in [4.78, 5) is 11.8. The first kappa shape index (κ1) is 18.8. The maximum absolute atomic E-state index is 11.8. The zero-order chi connectivity index (χ0) is 18.1. The van der Waals surface area contributed by atoms with Crippen molar-refractivity contribution in [3.8, 4) is 5.75 Å². The molecule has 0 aliphatic carbocycles. The first-order chi connectivity index (χ1) is 12.1. The van der Waals surface area contributed by atoms with E-state index in [2.05, 4.69) is 16.2 Å². The Balaban J connectivity index is 1.78. The van der Waals surface area contributed by atoms with Crippen molar-refractivity contribution >= 4 is 46.6 Å². The van der Waals surface area contributed by atoms with Crippen LogP contribution in [0.4, 0.5) is 5.69 Å². The van der Waals surface area contributed by atoms with Crippen LogP contribution in [0.5, 0.6) is 5.75 Å². The minimum absolute atomic E-state index is 0.255. The van der Waals surface area contributed by atoms with Crippen molar-refractivity contribution in [2.75, 3.05) is 11.9 Å². The van der Waals surface area contributed by atoms with Gasteiger partial charge in [-0.15, -0.1) is 0 Å². The van der Waals surface area contributed by atoms with Crippen LogP contribution in [-0.2, 0) is 4.79 Å². The molecule has 2 rings (SSSR count). The highest BCUT2D eigenvalue weighted by atomic mass is 35.5. The van der Waals surface area contributed by atoms with Crippen molar-refractivity contribution < 1.29 is 9.53 Å². The largest absolute Gasteiger partial charge is 0.494 e. The molecule has 0 spiro atoms. The molecular weight excluding hydrogens is 358 g/mol. The number of halogens is 1. The Morgan fingerprint density at radius 3 is 2.64 bits per heavy atom.